The van der Waals surface area contributed by atoms with Crippen molar-refractivity contribution >= 4 is 21.6 Å². The smallest absolute Gasteiger partial charge is 0.163 e. The lowest BCUT2D eigenvalue weighted by atomic mass is 9.76. The molecule has 35 heavy (non-hydrogen) atoms. The molecule has 0 amide bonds. The normalized spacial score (nSPS) is 23.9. The molecule has 4 aromatic rings. The quantitative estimate of drug-likeness (QED) is 0.268. The van der Waals surface area contributed by atoms with Crippen molar-refractivity contribution in [2.45, 2.75) is 41.3 Å². The topological polar surface area (TPSA) is 18.5 Å². The van der Waals surface area contributed by atoms with Gasteiger partial charge in [-0.25, -0.2) is 0 Å². The van der Waals surface area contributed by atoms with Crippen LogP contribution in [0.4, 0.5) is 0 Å². The van der Waals surface area contributed by atoms with E-state index in [2.05, 4.69) is 121 Å². The Balaban J connectivity index is 1.62. The molecule has 0 spiro atoms. The lowest BCUT2D eigenvalue weighted by Crippen LogP contribution is -2.55. The summed E-state index contributed by atoms with van der Waals surface area (Å²) >= 11 is 0. The van der Waals surface area contributed by atoms with E-state index in [-0.39, 0.29) is 12.2 Å². The lowest BCUT2D eigenvalue weighted by Gasteiger charge is -2.52. The minimum atomic E-state index is -0.718. The monoisotopic (exact) mass is 496 g/mol. The number of fused-ring (bicyclic) bond motifs is 1. The van der Waals surface area contributed by atoms with E-state index in [9.17, 15) is 0 Å². The average Bonchev–Trinajstić information content (AvgIpc) is 3.26. The Hall–Kier alpha value is -2.50. The number of ether oxygens (including phenoxy) is 2. The fourth-order valence-corrected chi connectivity index (χ4v) is 9.74. The molecule has 0 aromatic heterocycles. The van der Waals surface area contributed by atoms with E-state index in [0.717, 1.165) is 0 Å². The van der Waals surface area contributed by atoms with Crippen molar-refractivity contribution in [1.29, 1.82) is 0 Å². The van der Waals surface area contributed by atoms with Crippen molar-refractivity contribution < 1.29 is 9.47 Å². The molecule has 4 aromatic carbocycles. The maximum absolute atomic E-state index is 6.92. The highest BCUT2D eigenvalue weighted by molar-refractivity contribution is 8.77. The Bertz CT molecular complexity index is 1100. The molecule has 176 valence electrons. The Morgan fingerprint density at radius 2 is 0.714 bits per heavy atom. The minimum absolute atomic E-state index is 0.214. The van der Waals surface area contributed by atoms with E-state index < -0.39 is 15.3 Å². The first kappa shape index (κ1) is 22.9. The van der Waals surface area contributed by atoms with E-state index in [1.165, 1.54) is 22.3 Å². The van der Waals surface area contributed by atoms with Crippen molar-refractivity contribution in [3.05, 3.63) is 144 Å². The van der Waals surface area contributed by atoms with Crippen molar-refractivity contribution in [3.63, 3.8) is 0 Å². The Morgan fingerprint density at radius 1 is 0.457 bits per heavy atom. The zero-order chi connectivity index (χ0) is 23.9. The number of hydrogen-bond acceptors (Lipinski definition) is 4. The summed E-state index contributed by atoms with van der Waals surface area (Å²) < 4.78 is 13.0. The van der Waals surface area contributed by atoms with Crippen LogP contribution in [-0.4, -0.2) is 18.0 Å². The van der Waals surface area contributed by atoms with E-state index >= 15 is 0 Å². The molecule has 0 bridgehead atoms. The van der Waals surface area contributed by atoms with Gasteiger partial charge in [-0.15, -0.1) is 0 Å². The van der Waals surface area contributed by atoms with Gasteiger partial charge in [-0.2, -0.15) is 0 Å². The molecule has 0 saturated carbocycles. The largest absolute Gasteiger partial charge is 0.342 e. The number of rotatable bonds is 4. The summed E-state index contributed by atoms with van der Waals surface area (Å²) in [5.41, 5.74) is 4.92. The van der Waals surface area contributed by atoms with Crippen molar-refractivity contribution in [2.75, 3.05) is 0 Å². The van der Waals surface area contributed by atoms with Crippen LogP contribution < -0.4 is 0 Å². The highest BCUT2D eigenvalue weighted by Gasteiger charge is 2.66. The molecule has 2 saturated heterocycles. The number of hydrogen-bond donors (Lipinski definition) is 0. The summed E-state index contributed by atoms with van der Waals surface area (Å²) in [5, 5.41) is 0. The van der Waals surface area contributed by atoms with Gasteiger partial charge in [-0.3, -0.25) is 0 Å². The van der Waals surface area contributed by atoms with Gasteiger partial charge in [0.2, 0.25) is 0 Å². The van der Waals surface area contributed by atoms with Crippen molar-refractivity contribution in [2.24, 2.45) is 0 Å². The van der Waals surface area contributed by atoms with Crippen LogP contribution in [0.3, 0.4) is 0 Å². The molecule has 2 aliphatic rings. The fraction of sp³-hybridized carbons (Fsp3) is 0.226. The van der Waals surface area contributed by atoms with Gasteiger partial charge in [-0.1, -0.05) is 143 Å². The molecule has 0 radical (unpaired) electrons. The van der Waals surface area contributed by atoms with Crippen LogP contribution in [0.15, 0.2) is 121 Å². The van der Waals surface area contributed by atoms with Gasteiger partial charge in [0.25, 0.3) is 0 Å². The van der Waals surface area contributed by atoms with Gasteiger partial charge < -0.3 is 9.47 Å². The van der Waals surface area contributed by atoms with Crippen LogP contribution in [-0.2, 0) is 19.0 Å². The van der Waals surface area contributed by atoms with Crippen LogP contribution in [0.1, 0.15) is 36.1 Å². The van der Waals surface area contributed by atoms with Gasteiger partial charge in [0, 0.05) is 0 Å². The lowest BCUT2D eigenvalue weighted by molar-refractivity contribution is -0.149. The Morgan fingerprint density at radius 3 is 0.971 bits per heavy atom. The molecular weight excluding hydrogens is 468 g/mol. The second-order valence-electron chi connectivity index (χ2n) is 9.58. The Labute approximate surface area is 215 Å². The fourth-order valence-electron chi connectivity index (χ4n) is 5.51. The standard InChI is InChI=1S/C31H28O2S2/c1-29(2)32-27-28(33-29)31(25-19-11-5-12-20-25,26-21-13-6-14-22-26)35-34-30(27,23-15-7-3-8-16-23)24-17-9-4-10-18-24/h3-22,27-28H,1-2H3/t27-,28-/m1/s1. The van der Waals surface area contributed by atoms with Crippen LogP contribution in [0.25, 0.3) is 0 Å². The van der Waals surface area contributed by atoms with E-state index in [0.29, 0.717) is 0 Å². The minimum Gasteiger partial charge on any atom is -0.342 e. The molecule has 4 heteroatoms. The third kappa shape index (κ3) is 3.66. The summed E-state index contributed by atoms with van der Waals surface area (Å²) in [6.07, 6.45) is -0.428. The summed E-state index contributed by atoms with van der Waals surface area (Å²) in [7, 11) is 3.80. The van der Waals surface area contributed by atoms with Crippen LogP contribution in [0.2, 0.25) is 0 Å². The first-order valence-corrected chi connectivity index (χ1v) is 14.2. The zero-order valence-corrected chi connectivity index (χ0v) is 21.5. The Kier molecular flexibility index (Phi) is 5.81. The first-order valence-electron chi connectivity index (χ1n) is 12.0. The molecule has 0 N–H and O–H groups in total. The summed E-state index contributed by atoms with van der Waals surface area (Å²) in [6, 6.07) is 43.1. The number of benzene rings is 4. The second-order valence-corrected chi connectivity index (χ2v) is 12.2. The average molecular weight is 497 g/mol. The molecular formula is C31H28O2S2. The maximum Gasteiger partial charge on any atom is 0.163 e. The molecule has 2 atom stereocenters. The van der Waals surface area contributed by atoms with E-state index in [4.69, 9.17) is 9.47 Å². The molecule has 2 fully saturated rings. The maximum atomic E-state index is 6.92. The van der Waals surface area contributed by atoms with Crippen molar-refractivity contribution in [3.8, 4) is 0 Å². The molecule has 2 heterocycles. The van der Waals surface area contributed by atoms with Gasteiger partial charge in [0.1, 0.15) is 21.7 Å². The van der Waals surface area contributed by atoms with Crippen molar-refractivity contribution in [1.82, 2.24) is 0 Å². The molecule has 0 aliphatic carbocycles. The van der Waals surface area contributed by atoms with Gasteiger partial charge in [-0.05, 0) is 36.1 Å². The second kappa shape index (κ2) is 8.86. The predicted molar refractivity (Wildman–Crippen MR) is 146 cm³/mol. The third-order valence-electron chi connectivity index (χ3n) is 7.01. The van der Waals surface area contributed by atoms with Crippen LogP contribution in [0, 0.1) is 0 Å². The predicted octanol–water partition coefficient (Wildman–Crippen LogP) is 7.79. The summed E-state index contributed by atoms with van der Waals surface area (Å²) in [6.45, 7) is 4.09. The van der Waals surface area contributed by atoms with E-state index in [1.807, 2.05) is 35.4 Å². The van der Waals surface area contributed by atoms with Gasteiger partial charge >= 0.3 is 0 Å². The summed E-state index contributed by atoms with van der Waals surface area (Å²) in [5.74, 6) is -0.718. The van der Waals surface area contributed by atoms with Gasteiger partial charge in [0.05, 0.1) is 0 Å². The highest BCUT2D eigenvalue weighted by atomic mass is 33.1. The molecule has 2 nitrogen and oxygen atoms in total. The zero-order valence-electron chi connectivity index (χ0n) is 19.8. The molecule has 0 unspecified atom stereocenters. The van der Waals surface area contributed by atoms with E-state index in [1.54, 1.807) is 0 Å². The highest BCUT2D eigenvalue weighted by Crippen LogP contribution is 2.69. The third-order valence-corrected chi connectivity index (χ3v) is 10.9. The molecule has 2 aliphatic heterocycles. The van der Waals surface area contributed by atoms with Crippen LogP contribution in [0.5, 0.6) is 0 Å². The van der Waals surface area contributed by atoms with Gasteiger partial charge in [0.15, 0.2) is 5.79 Å². The summed E-state index contributed by atoms with van der Waals surface area (Å²) in [4.78, 5) is 0. The first-order chi connectivity index (χ1) is 17.1. The SMILES string of the molecule is CC1(C)O[C@@H]2[C@@H](O1)C(c1ccccc1)(c1ccccc1)SSC2(c1ccccc1)c1ccccc1. The van der Waals surface area contributed by atoms with Crippen LogP contribution >= 0.6 is 21.6 Å². The molecule has 6 rings (SSSR count).